The molecular formula is C46H68N10O12. The highest BCUT2D eigenvalue weighted by Gasteiger charge is 2.34. The third-order valence-corrected chi connectivity index (χ3v) is 10.3. The second kappa shape index (κ2) is 28.2. The number of aromatic hydroxyl groups is 1. The molecule has 0 bridgehead atoms. The fourth-order valence-corrected chi connectivity index (χ4v) is 6.81. The molecule has 7 atom stereocenters. The summed E-state index contributed by atoms with van der Waals surface area (Å²) in [6.45, 7) is 9.85. The Hall–Kier alpha value is -7.10. The molecule has 15 N–H and O–H groups in total. The molecule has 22 heteroatoms. The van der Waals surface area contributed by atoms with E-state index in [4.69, 9.17) is 17.2 Å². The zero-order valence-electron chi connectivity index (χ0n) is 39.3. The molecule has 9 amide bonds. The van der Waals surface area contributed by atoms with Crippen LogP contribution in [0.1, 0.15) is 84.8 Å². The average molecular weight is 953 g/mol. The first-order valence-electron chi connectivity index (χ1n) is 22.3. The van der Waals surface area contributed by atoms with E-state index in [0.29, 0.717) is 5.56 Å². The van der Waals surface area contributed by atoms with Crippen molar-refractivity contribution >= 4 is 59.1 Å². The van der Waals surface area contributed by atoms with Crippen LogP contribution in [0.25, 0.3) is 0 Å². The van der Waals surface area contributed by atoms with Crippen molar-refractivity contribution in [2.45, 2.75) is 129 Å². The van der Waals surface area contributed by atoms with E-state index in [9.17, 15) is 58.2 Å². The van der Waals surface area contributed by atoms with Gasteiger partial charge in [-0.05, 0) is 66.7 Å². The standard InChI is InChI=1S/C46H68N10O12/c1-24(2)18-32(51-38(60)23-50-45(66)39(26(5)6)56-44(65)33(19-25(3)4)53-40(61)30(47)20-27-10-8-7-9-11-27)42(63)54-34(22-37(49)59)43(64)52-31(16-17-36(48)58)41(62)55-35(46(67)68)21-28-12-14-29(57)15-13-28/h7-15,24-26,30-35,39,57H,16-23,47H2,1-6H3,(H2,48,58)(H2,49,59)(H,50,66)(H,51,60)(H,52,64)(H,53,61)(H,54,63)(H,55,62)(H,56,65)(H,67,68)/t30-,31-,32-,33-,34-,35-,39-/m0/s1. The SMILES string of the molecule is CC(C)C[C@H](NC(=O)CNC(=O)[C@@H](NC(=O)[C@H](CC(C)C)NC(=O)[C@@H](N)Cc1ccccc1)C(C)C)C(=O)N[C@@H](CC(N)=O)C(=O)N[C@@H](CCC(N)=O)C(=O)N[C@@H](Cc1ccc(O)cc1)C(=O)O. The number of phenolic OH excluding ortho intramolecular Hbond substituents is 1. The number of carboxylic acid groups (broad SMARTS) is 1. The number of carboxylic acids is 1. The van der Waals surface area contributed by atoms with Gasteiger partial charge in [0, 0.05) is 12.8 Å². The molecule has 0 fully saturated rings. The average Bonchev–Trinajstić information content (AvgIpc) is 3.25. The summed E-state index contributed by atoms with van der Waals surface area (Å²) in [5.74, 6) is -10.1. The smallest absolute Gasteiger partial charge is 0.326 e. The molecule has 0 saturated heterocycles. The van der Waals surface area contributed by atoms with Gasteiger partial charge in [-0.3, -0.25) is 43.2 Å². The summed E-state index contributed by atoms with van der Waals surface area (Å²) >= 11 is 0. The molecule has 0 aliphatic carbocycles. The lowest BCUT2D eigenvalue weighted by atomic mass is 9.99. The number of hydrogen-bond donors (Lipinski definition) is 12. The Morgan fingerprint density at radius 3 is 1.56 bits per heavy atom. The lowest BCUT2D eigenvalue weighted by Crippen LogP contribution is -2.59. The van der Waals surface area contributed by atoms with Crippen molar-refractivity contribution < 1.29 is 58.2 Å². The number of nitrogens with two attached hydrogens (primary N) is 3. The summed E-state index contributed by atoms with van der Waals surface area (Å²) in [6.07, 6.45) is -1.41. The van der Waals surface area contributed by atoms with E-state index in [2.05, 4.69) is 37.2 Å². The van der Waals surface area contributed by atoms with Crippen LogP contribution in [0.4, 0.5) is 0 Å². The molecule has 2 aromatic carbocycles. The largest absolute Gasteiger partial charge is 0.508 e. The van der Waals surface area contributed by atoms with E-state index in [1.807, 2.05) is 44.2 Å². The monoisotopic (exact) mass is 953 g/mol. The van der Waals surface area contributed by atoms with Crippen molar-refractivity contribution in [3.05, 3.63) is 65.7 Å². The third kappa shape index (κ3) is 21.0. The maximum absolute atomic E-state index is 13.7. The Bertz CT molecular complexity index is 2070. The van der Waals surface area contributed by atoms with Gasteiger partial charge in [-0.15, -0.1) is 0 Å². The van der Waals surface area contributed by atoms with Crippen molar-refractivity contribution in [1.29, 1.82) is 0 Å². The van der Waals surface area contributed by atoms with Crippen LogP contribution in [0.3, 0.4) is 0 Å². The van der Waals surface area contributed by atoms with Gasteiger partial charge in [0.2, 0.25) is 53.2 Å². The van der Waals surface area contributed by atoms with Crippen LogP contribution in [0, 0.1) is 17.8 Å². The number of aliphatic carboxylic acids is 1. The number of carbonyl (C=O) groups excluding carboxylic acids is 9. The number of hydrogen-bond acceptors (Lipinski definition) is 12. The molecule has 0 radical (unpaired) electrons. The van der Waals surface area contributed by atoms with E-state index in [1.54, 1.807) is 27.7 Å². The maximum Gasteiger partial charge on any atom is 0.326 e. The molecule has 22 nitrogen and oxygen atoms in total. The highest BCUT2D eigenvalue weighted by molar-refractivity contribution is 5.98. The Kier molecular flexibility index (Phi) is 23.6. The van der Waals surface area contributed by atoms with Crippen molar-refractivity contribution in [3.8, 4) is 5.75 Å². The van der Waals surface area contributed by atoms with Gasteiger partial charge in [0.15, 0.2) is 0 Å². The van der Waals surface area contributed by atoms with Crippen LogP contribution in [-0.2, 0) is 60.8 Å². The summed E-state index contributed by atoms with van der Waals surface area (Å²) in [5.41, 5.74) is 18.1. The predicted octanol–water partition coefficient (Wildman–Crippen LogP) is -1.50. The van der Waals surface area contributed by atoms with Gasteiger partial charge in [0.05, 0.1) is 19.0 Å². The van der Waals surface area contributed by atoms with Gasteiger partial charge < -0.3 is 64.6 Å². The Morgan fingerprint density at radius 2 is 1.03 bits per heavy atom. The summed E-state index contributed by atoms with van der Waals surface area (Å²) < 4.78 is 0. The van der Waals surface area contributed by atoms with Gasteiger partial charge in [0.25, 0.3) is 0 Å². The van der Waals surface area contributed by atoms with Crippen molar-refractivity contribution in [1.82, 2.24) is 37.2 Å². The highest BCUT2D eigenvalue weighted by Crippen LogP contribution is 2.13. The Balaban J connectivity index is 2.18. The van der Waals surface area contributed by atoms with Crippen LogP contribution >= 0.6 is 0 Å². The van der Waals surface area contributed by atoms with Gasteiger partial charge in [0.1, 0.15) is 42.0 Å². The summed E-state index contributed by atoms with van der Waals surface area (Å²) in [5, 5.41) is 36.7. The third-order valence-electron chi connectivity index (χ3n) is 10.3. The molecule has 0 saturated carbocycles. The minimum absolute atomic E-state index is 0.000320. The van der Waals surface area contributed by atoms with E-state index in [0.717, 1.165) is 5.56 Å². The van der Waals surface area contributed by atoms with Crippen LogP contribution in [0.15, 0.2) is 54.6 Å². The normalized spacial score (nSPS) is 14.2. The summed E-state index contributed by atoms with van der Waals surface area (Å²) in [4.78, 5) is 130. The number of rotatable bonds is 29. The van der Waals surface area contributed by atoms with Crippen molar-refractivity contribution in [2.24, 2.45) is 35.0 Å². The Morgan fingerprint density at radius 1 is 0.544 bits per heavy atom. The molecule has 0 spiro atoms. The molecule has 2 rings (SSSR count). The molecule has 0 unspecified atom stereocenters. The molecule has 374 valence electrons. The lowest BCUT2D eigenvalue weighted by Gasteiger charge is -2.27. The fourth-order valence-electron chi connectivity index (χ4n) is 6.81. The van der Waals surface area contributed by atoms with E-state index in [1.165, 1.54) is 24.3 Å². The first kappa shape index (κ1) is 57.0. The number of phenols is 1. The fraction of sp³-hybridized carbons (Fsp3) is 0.522. The van der Waals surface area contributed by atoms with E-state index >= 15 is 0 Å². The van der Waals surface area contributed by atoms with Crippen LogP contribution in [0.2, 0.25) is 0 Å². The number of nitrogens with one attached hydrogen (secondary N) is 7. The minimum Gasteiger partial charge on any atom is -0.508 e. The molecular weight excluding hydrogens is 885 g/mol. The second-order valence-corrected chi connectivity index (χ2v) is 17.8. The first-order valence-corrected chi connectivity index (χ1v) is 22.3. The molecule has 68 heavy (non-hydrogen) atoms. The summed E-state index contributed by atoms with van der Waals surface area (Å²) in [6, 6.07) is 5.28. The van der Waals surface area contributed by atoms with Gasteiger partial charge in [-0.1, -0.05) is 84.0 Å². The van der Waals surface area contributed by atoms with Crippen LogP contribution in [0.5, 0.6) is 5.75 Å². The molecule has 0 heterocycles. The van der Waals surface area contributed by atoms with Gasteiger partial charge >= 0.3 is 5.97 Å². The van der Waals surface area contributed by atoms with Crippen molar-refractivity contribution in [3.63, 3.8) is 0 Å². The van der Waals surface area contributed by atoms with Crippen LogP contribution < -0.4 is 54.4 Å². The molecule has 0 aliphatic rings. The quantitative estimate of drug-likeness (QED) is 0.0443. The molecule has 0 aromatic heterocycles. The molecule has 2 aromatic rings. The highest BCUT2D eigenvalue weighted by atomic mass is 16.4. The number of amides is 9. The number of carbonyl (C=O) groups is 10. The molecule has 0 aliphatic heterocycles. The zero-order chi connectivity index (χ0) is 51.2. The number of benzene rings is 2. The number of primary amides is 2. The zero-order valence-corrected chi connectivity index (χ0v) is 39.3. The van der Waals surface area contributed by atoms with Crippen molar-refractivity contribution in [2.75, 3.05) is 6.54 Å². The second-order valence-electron chi connectivity index (χ2n) is 17.8. The topological polar surface area (TPSA) is 373 Å². The van der Waals surface area contributed by atoms with Gasteiger partial charge in [-0.2, -0.15) is 0 Å². The minimum atomic E-state index is -1.73. The van der Waals surface area contributed by atoms with E-state index < -0.39 is 133 Å². The maximum atomic E-state index is 13.7. The summed E-state index contributed by atoms with van der Waals surface area (Å²) in [7, 11) is 0. The van der Waals surface area contributed by atoms with Gasteiger partial charge in [-0.25, -0.2) is 4.79 Å². The lowest BCUT2D eigenvalue weighted by molar-refractivity contribution is -0.142. The predicted molar refractivity (Wildman–Crippen MR) is 248 cm³/mol. The van der Waals surface area contributed by atoms with E-state index in [-0.39, 0.29) is 43.3 Å². The first-order chi connectivity index (χ1) is 31.9. The van der Waals surface area contributed by atoms with Crippen LogP contribution in [-0.4, -0.2) is 118 Å². The Labute approximate surface area is 395 Å².